The van der Waals surface area contributed by atoms with E-state index in [2.05, 4.69) is 32.2 Å². The highest BCUT2D eigenvalue weighted by Gasteiger charge is 2.24. The summed E-state index contributed by atoms with van der Waals surface area (Å²) in [4.78, 5) is 26.6. The monoisotopic (exact) mass is 420 g/mol. The number of pyridine rings is 1. The average Bonchev–Trinajstić information content (AvgIpc) is 3.22. The number of carbonyl (C=O) groups excluding carboxylic acids is 1. The minimum atomic E-state index is -0.0326. The molecule has 0 saturated carbocycles. The highest BCUT2D eigenvalue weighted by molar-refractivity contribution is 6.30. The number of rotatable bonds is 6. The van der Waals surface area contributed by atoms with E-state index in [4.69, 9.17) is 11.6 Å². The number of benzene rings is 1. The van der Waals surface area contributed by atoms with Gasteiger partial charge in [-0.25, -0.2) is 9.97 Å². The number of carbonyl (C=O) groups is 1. The summed E-state index contributed by atoms with van der Waals surface area (Å²) in [6, 6.07) is 9.57. The van der Waals surface area contributed by atoms with Gasteiger partial charge in [-0.2, -0.15) is 0 Å². The van der Waals surface area contributed by atoms with Crippen LogP contribution >= 0.6 is 11.6 Å². The Labute approximate surface area is 179 Å². The first kappa shape index (κ1) is 19.8. The van der Waals surface area contributed by atoms with Crippen LogP contribution in [0.4, 0.5) is 17.3 Å². The van der Waals surface area contributed by atoms with Crippen LogP contribution in [0.15, 0.2) is 67.8 Å². The molecule has 1 aromatic carbocycles. The minimum Gasteiger partial charge on any atom is -0.379 e. The van der Waals surface area contributed by atoms with E-state index in [0.717, 1.165) is 35.5 Å². The second-order valence-electron chi connectivity index (χ2n) is 7.01. The maximum absolute atomic E-state index is 11.8. The fourth-order valence-corrected chi connectivity index (χ4v) is 3.55. The molecule has 1 saturated heterocycles. The van der Waals surface area contributed by atoms with E-state index in [-0.39, 0.29) is 11.9 Å². The summed E-state index contributed by atoms with van der Waals surface area (Å²) in [5, 5.41) is 7.22. The number of anilines is 3. The van der Waals surface area contributed by atoms with Crippen LogP contribution in [0.2, 0.25) is 5.02 Å². The van der Waals surface area contributed by atoms with E-state index in [1.54, 1.807) is 29.7 Å². The normalized spacial score (nSPS) is 15.6. The molecule has 0 unspecified atom stereocenters. The number of nitrogens with one attached hydrogen (secondary N) is 2. The molecule has 0 spiro atoms. The average molecular weight is 421 g/mol. The smallest absolute Gasteiger partial charge is 0.246 e. The summed E-state index contributed by atoms with van der Waals surface area (Å²) in [6.07, 6.45) is 9.29. The third-order valence-electron chi connectivity index (χ3n) is 4.85. The molecule has 1 atom stereocenters. The highest BCUT2D eigenvalue weighted by atomic mass is 35.5. The van der Waals surface area contributed by atoms with Gasteiger partial charge in [0.25, 0.3) is 0 Å². The molecule has 2 aromatic heterocycles. The van der Waals surface area contributed by atoms with Crippen LogP contribution in [0.1, 0.15) is 6.42 Å². The maximum Gasteiger partial charge on any atom is 0.246 e. The predicted molar refractivity (Wildman–Crippen MR) is 119 cm³/mol. The molecule has 1 aliphatic heterocycles. The predicted octanol–water partition coefficient (Wildman–Crippen LogP) is 4.13. The Morgan fingerprint density at radius 1 is 1.13 bits per heavy atom. The molecule has 4 rings (SSSR count). The van der Waals surface area contributed by atoms with E-state index >= 15 is 0 Å². The van der Waals surface area contributed by atoms with Gasteiger partial charge < -0.3 is 15.5 Å². The largest absolute Gasteiger partial charge is 0.379 e. The molecular formula is C22H21ClN6O. The van der Waals surface area contributed by atoms with Gasteiger partial charge in [0.2, 0.25) is 11.9 Å². The van der Waals surface area contributed by atoms with Crippen molar-refractivity contribution in [2.75, 3.05) is 23.7 Å². The summed E-state index contributed by atoms with van der Waals surface area (Å²) in [7, 11) is 0. The first-order chi connectivity index (χ1) is 14.6. The summed E-state index contributed by atoms with van der Waals surface area (Å²) >= 11 is 6.01. The third-order valence-corrected chi connectivity index (χ3v) is 5.08. The Bertz CT molecular complexity index is 1060. The third kappa shape index (κ3) is 4.75. The SMILES string of the molecule is C=CC(=O)N1CC[C@H](Nc2cncc(-c3cnc(Nc4cccc(Cl)c4)nc3)c2)C1. The van der Waals surface area contributed by atoms with Crippen LogP contribution in [-0.4, -0.2) is 44.9 Å². The van der Waals surface area contributed by atoms with Crippen molar-refractivity contribution in [3.63, 3.8) is 0 Å². The van der Waals surface area contributed by atoms with Gasteiger partial charge in [0.05, 0.1) is 5.69 Å². The van der Waals surface area contributed by atoms with Crippen molar-refractivity contribution in [1.82, 2.24) is 19.9 Å². The number of halogens is 1. The lowest BCUT2D eigenvalue weighted by Crippen LogP contribution is -2.30. The molecule has 7 nitrogen and oxygen atoms in total. The van der Waals surface area contributed by atoms with Gasteiger partial charge in [-0.1, -0.05) is 24.2 Å². The molecule has 30 heavy (non-hydrogen) atoms. The van der Waals surface area contributed by atoms with Crippen LogP contribution in [0.25, 0.3) is 11.1 Å². The molecule has 3 heterocycles. The number of amides is 1. The van der Waals surface area contributed by atoms with E-state index in [9.17, 15) is 4.79 Å². The summed E-state index contributed by atoms with van der Waals surface area (Å²) in [5.74, 6) is 0.455. The first-order valence-corrected chi connectivity index (χ1v) is 9.96. The van der Waals surface area contributed by atoms with E-state index in [1.165, 1.54) is 6.08 Å². The molecule has 0 aliphatic carbocycles. The number of hydrogen-bond acceptors (Lipinski definition) is 6. The molecule has 3 aromatic rings. The summed E-state index contributed by atoms with van der Waals surface area (Å²) in [6.45, 7) is 4.93. The Morgan fingerprint density at radius 3 is 2.73 bits per heavy atom. The van der Waals surface area contributed by atoms with Crippen molar-refractivity contribution >= 4 is 34.8 Å². The van der Waals surface area contributed by atoms with Crippen LogP contribution in [0.3, 0.4) is 0 Å². The zero-order valence-corrected chi connectivity index (χ0v) is 17.0. The number of hydrogen-bond donors (Lipinski definition) is 2. The van der Waals surface area contributed by atoms with Gasteiger partial charge in [-0.15, -0.1) is 0 Å². The number of likely N-dealkylation sites (tertiary alicyclic amines) is 1. The fraction of sp³-hybridized carbons (Fsp3) is 0.182. The summed E-state index contributed by atoms with van der Waals surface area (Å²) in [5.41, 5.74) is 3.49. The molecule has 2 N–H and O–H groups in total. The van der Waals surface area contributed by atoms with Crippen molar-refractivity contribution in [3.8, 4) is 11.1 Å². The zero-order chi connectivity index (χ0) is 20.9. The molecule has 0 radical (unpaired) electrons. The van der Waals surface area contributed by atoms with Gasteiger partial charge in [0.15, 0.2) is 0 Å². The van der Waals surface area contributed by atoms with Gasteiger partial charge in [-0.3, -0.25) is 9.78 Å². The van der Waals surface area contributed by atoms with Crippen molar-refractivity contribution in [2.24, 2.45) is 0 Å². The zero-order valence-electron chi connectivity index (χ0n) is 16.3. The Morgan fingerprint density at radius 2 is 1.97 bits per heavy atom. The lowest BCUT2D eigenvalue weighted by Gasteiger charge is -2.16. The standard InChI is InChI=1S/C22H21ClN6O/c1-2-21(30)29-7-6-19(14-29)27-20-8-15(10-24-13-20)16-11-25-22(26-12-16)28-18-5-3-4-17(23)9-18/h2-5,8-13,19,27H,1,6-7,14H2,(H,25,26,28)/t19-/m0/s1. The number of nitrogens with zero attached hydrogens (tertiary/aromatic N) is 4. The lowest BCUT2D eigenvalue weighted by molar-refractivity contribution is -0.125. The quantitative estimate of drug-likeness (QED) is 0.583. The lowest BCUT2D eigenvalue weighted by atomic mass is 10.1. The Hall–Kier alpha value is -3.45. The first-order valence-electron chi connectivity index (χ1n) is 9.58. The maximum atomic E-state index is 11.8. The molecule has 152 valence electrons. The molecule has 1 amide bonds. The van der Waals surface area contributed by atoms with Crippen LogP contribution in [-0.2, 0) is 4.79 Å². The van der Waals surface area contributed by atoms with Gasteiger partial charge in [0.1, 0.15) is 0 Å². The minimum absolute atomic E-state index is 0.0326. The van der Waals surface area contributed by atoms with Crippen molar-refractivity contribution in [2.45, 2.75) is 12.5 Å². The van der Waals surface area contributed by atoms with Gasteiger partial charge >= 0.3 is 0 Å². The molecule has 1 fully saturated rings. The summed E-state index contributed by atoms with van der Waals surface area (Å²) < 4.78 is 0. The molecule has 0 bridgehead atoms. The van der Waals surface area contributed by atoms with Crippen LogP contribution in [0.5, 0.6) is 0 Å². The Balaban J connectivity index is 1.42. The van der Waals surface area contributed by atoms with Crippen molar-refractivity contribution in [3.05, 3.63) is 72.8 Å². The number of aromatic nitrogens is 3. The van der Waals surface area contributed by atoms with Gasteiger partial charge in [-0.05, 0) is 36.8 Å². The second kappa shape index (κ2) is 8.92. The fourth-order valence-electron chi connectivity index (χ4n) is 3.36. The van der Waals surface area contributed by atoms with Crippen LogP contribution in [0, 0.1) is 0 Å². The molecule has 8 heteroatoms. The molecular weight excluding hydrogens is 400 g/mol. The molecule has 1 aliphatic rings. The van der Waals surface area contributed by atoms with Crippen molar-refractivity contribution in [1.29, 1.82) is 0 Å². The van der Waals surface area contributed by atoms with Gasteiger partial charge in [0, 0.05) is 65.8 Å². The van der Waals surface area contributed by atoms with E-state index in [0.29, 0.717) is 17.5 Å². The topological polar surface area (TPSA) is 83.0 Å². The van der Waals surface area contributed by atoms with Crippen molar-refractivity contribution < 1.29 is 4.79 Å². The van der Waals surface area contributed by atoms with E-state index in [1.807, 2.05) is 30.3 Å². The van der Waals surface area contributed by atoms with E-state index < -0.39 is 0 Å². The Kier molecular flexibility index (Phi) is 5.90. The highest BCUT2D eigenvalue weighted by Crippen LogP contribution is 2.24. The second-order valence-corrected chi connectivity index (χ2v) is 7.45. The van der Waals surface area contributed by atoms with Crippen LogP contribution < -0.4 is 10.6 Å².